The molecule has 0 aliphatic heterocycles. The van der Waals surface area contributed by atoms with Gasteiger partial charge in [0.15, 0.2) is 0 Å². The Labute approximate surface area is 62.5 Å². The molecule has 0 fully saturated rings. The van der Waals surface area contributed by atoms with Crippen molar-refractivity contribution >= 4 is 13.6 Å². The Hall–Kier alpha value is 0.558. The predicted molar refractivity (Wildman–Crippen MR) is 49.1 cm³/mol. The van der Waals surface area contributed by atoms with E-state index in [0.717, 1.165) is 0 Å². The number of hydrogen-bond acceptors (Lipinski definition) is 0. The molecular weight excluding hydrogens is 171 g/mol. The van der Waals surface area contributed by atoms with Gasteiger partial charge in [0.05, 0.1) is 0 Å². The van der Waals surface area contributed by atoms with Gasteiger partial charge < -0.3 is 0 Å². The Kier molecular flexibility index (Phi) is 4.66. The van der Waals surface area contributed by atoms with Gasteiger partial charge in [-0.3, -0.25) is 0 Å². The first-order chi connectivity index (χ1) is 4.24. The van der Waals surface area contributed by atoms with E-state index in [9.17, 15) is 0 Å². The molecule has 0 radical (unpaired) electrons. The third kappa shape index (κ3) is 2.33. The van der Waals surface area contributed by atoms with Gasteiger partial charge in [-0.2, -0.15) is 0 Å². The molecule has 0 aromatic carbocycles. The van der Waals surface area contributed by atoms with E-state index in [-0.39, 0.29) is 0 Å². The van der Waals surface area contributed by atoms with Crippen molar-refractivity contribution in [2.75, 3.05) is 0 Å². The predicted octanol–water partition coefficient (Wildman–Crippen LogP) is 3.25. The van der Waals surface area contributed by atoms with Crippen molar-refractivity contribution in [3.8, 4) is 0 Å². The van der Waals surface area contributed by atoms with Crippen LogP contribution in [0.15, 0.2) is 0 Å². The van der Waals surface area contributed by atoms with Gasteiger partial charge in [-0.15, -0.1) is 0 Å². The minimum absolute atomic E-state index is 1.17. The zero-order chi connectivity index (χ0) is 7.33. The summed E-state index contributed by atoms with van der Waals surface area (Å²) in [5.74, 6) is 0. The zero-order valence-corrected chi connectivity index (χ0v) is 9.43. The van der Waals surface area contributed by atoms with E-state index in [1.165, 1.54) is 20.8 Å². The molecule has 0 bridgehead atoms. The molecule has 0 nitrogen and oxygen atoms in total. The van der Waals surface area contributed by atoms with Crippen LogP contribution in [0.4, 0.5) is 0 Å². The Morgan fingerprint density at radius 2 is 0.889 bits per heavy atom. The van der Waals surface area contributed by atoms with E-state index in [1.807, 2.05) is 0 Å². The van der Waals surface area contributed by atoms with Gasteiger partial charge >= 0.3 is 62.1 Å². The summed E-state index contributed by atoms with van der Waals surface area (Å²) in [5, 5.41) is 6.12. The van der Waals surface area contributed by atoms with E-state index in [4.69, 9.17) is 0 Å². The molecule has 0 aliphatic rings. The second-order valence-corrected chi connectivity index (χ2v) is 15.1. The molecule has 0 saturated carbocycles. The number of rotatable bonds is 4. The van der Waals surface area contributed by atoms with Crippen LogP contribution in [0.2, 0.25) is 20.8 Å². The van der Waals surface area contributed by atoms with Crippen molar-refractivity contribution in [2.24, 2.45) is 0 Å². The van der Waals surface area contributed by atoms with Gasteiger partial charge in [-0.05, 0) is 0 Å². The summed E-state index contributed by atoms with van der Waals surface area (Å²) in [6.07, 6.45) is 0. The molecule has 0 atom stereocenters. The summed E-state index contributed by atoms with van der Waals surface area (Å²) in [4.78, 5) is 0. The molecule has 0 rings (SSSR count). The summed E-state index contributed by atoms with van der Waals surface area (Å²) in [6, 6.07) is 0. The van der Waals surface area contributed by atoms with Crippen LogP contribution in [0.3, 0.4) is 0 Å². The monoisotopic (exact) mass is 192 g/mol. The molecule has 0 aliphatic carbocycles. The molecule has 58 valence electrons. The minimum atomic E-state index is -1.17. The average Bonchev–Trinajstić information content (AvgIpc) is 1.95. The molecule has 0 unspecified atom stereocenters. The van der Waals surface area contributed by atoms with Crippen LogP contribution < -0.4 is 0 Å². The molecule has 0 N–H and O–H groups in total. The molecular formula is C8H21As. The fraction of sp³-hybridized carbons (Fsp3) is 1.00. The molecule has 0 aromatic rings. The first-order valence-corrected chi connectivity index (χ1v) is 10.2. The third-order valence-corrected chi connectivity index (χ3v) is 15.6. The summed E-state index contributed by atoms with van der Waals surface area (Å²) in [6.45, 7) is 9.54. The van der Waals surface area contributed by atoms with Gasteiger partial charge in [-0.25, -0.2) is 0 Å². The standard InChI is InChI=1S/C8H21As/c1-5-9(6-2,7-3)8-4/h9H,5-8H2,1-4H3. The Balaban J connectivity index is 3.82. The van der Waals surface area contributed by atoms with Crippen molar-refractivity contribution in [1.29, 1.82) is 0 Å². The van der Waals surface area contributed by atoms with Crippen LogP contribution in [0.1, 0.15) is 27.7 Å². The summed E-state index contributed by atoms with van der Waals surface area (Å²) >= 11 is -1.17. The van der Waals surface area contributed by atoms with Crippen molar-refractivity contribution in [1.82, 2.24) is 0 Å². The van der Waals surface area contributed by atoms with Crippen LogP contribution in [0, 0.1) is 0 Å². The fourth-order valence-electron chi connectivity index (χ4n) is 1.50. The Morgan fingerprint density at radius 1 is 0.667 bits per heavy atom. The summed E-state index contributed by atoms with van der Waals surface area (Å²) in [5.41, 5.74) is 0. The molecule has 9 heavy (non-hydrogen) atoms. The molecule has 0 spiro atoms. The first-order valence-electron chi connectivity index (χ1n) is 4.24. The first kappa shape index (κ1) is 9.56. The molecule has 0 saturated heterocycles. The fourth-order valence-corrected chi connectivity index (χ4v) is 7.79. The van der Waals surface area contributed by atoms with Gasteiger partial charge in [0.1, 0.15) is 0 Å². The van der Waals surface area contributed by atoms with Gasteiger partial charge in [0.2, 0.25) is 0 Å². The van der Waals surface area contributed by atoms with Crippen molar-refractivity contribution in [3.05, 3.63) is 0 Å². The van der Waals surface area contributed by atoms with Crippen LogP contribution in [0.5, 0.6) is 0 Å². The Bertz CT molecular complexity index is 47.5. The molecule has 0 aromatic heterocycles. The van der Waals surface area contributed by atoms with E-state index >= 15 is 0 Å². The molecule has 1 heteroatoms. The second kappa shape index (κ2) is 4.39. The van der Waals surface area contributed by atoms with Crippen LogP contribution in [-0.4, -0.2) is 13.6 Å². The van der Waals surface area contributed by atoms with Gasteiger partial charge in [0, 0.05) is 0 Å². The van der Waals surface area contributed by atoms with E-state index in [0.29, 0.717) is 0 Å². The van der Waals surface area contributed by atoms with Crippen LogP contribution in [-0.2, 0) is 0 Å². The topological polar surface area (TPSA) is 0 Å². The number of hydrogen-bond donors (Lipinski definition) is 0. The maximum absolute atomic E-state index is 2.39. The van der Waals surface area contributed by atoms with E-state index in [1.54, 1.807) is 0 Å². The molecule has 0 heterocycles. The second-order valence-electron chi connectivity index (χ2n) is 2.91. The van der Waals surface area contributed by atoms with Crippen LogP contribution >= 0.6 is 0 Å². The van der Waals surface area contributed by atoms with Crippen LogP contribution in [0.25, 0.3) is 0 Å². The van der Waals surface area contributed by atoms with Crippen molar-refractivity contribution in [2.45, 2.75) is 48.5 Å². The maximum atomic E-state index is 2.39. The summed E-state index contributed by atoms with van der Waals surface area (Å²) in [7, 11) is 0. The van der Waals surface area contributed by atoms with Gasteiger partial charge in [0.25, 0.3) is 0 Å². The van der Waals surface area contributed by atoms with Crippen molar-refractivity contribution in [3.63, 3.8) is 0 Å². The quantitative estimate of drug-likeness (QED) is 0.600. The van der Waals surface area contributed by atoms with E-state index < -0.39 is 13.6 Å². The van der Waals surface area contributed by atoms with Gasteiger partial charge in [-0.1, -0.05) is 0 Å². The average molecular weight is 192 g/mol. The van der Waals surface area contributed by atoms with E-state index in [2.05, 4.69) is 27.7 Å². The van der Waals surface area contributed by atoms with Crippen molar-refractivity contribution < 1.29 is 0 Å². The SMILES string of the molecule is CC[AsH](CC)(CC)CC. The summed E-state index contributed by atoms with van der Waals surface area (Å²) < 4.78 is 0. The zero-order valence-electron chi connectivity index (χ0n) is 7.33. The third-order valence-electron chi connectivity index (χ3n) is 3.00. The Morgan fingerprint density at radius 3 is 0.889 bits per heavy atom. The molecule has 0 amide bonds. The normalized spacial score (nSPS) is 13.8.